The number of carbonyl (C=O) groups is 2. The number of rotatable bonds is 7. The lowest BCUT2D eigenvalue weighted by molar-refractivity contribution is -0.125. The molecule has 0 spiro atoms. The fourth-order valence-corrected chi connectivity index (χ4v) is 1.75. The minimum Gasteiger partial charge on any atom is -0.383 e. The van der Waals surface area contributed by atoms with Gasteiger partial charge in [-0.15, -0.1) is 0 Å². The van der Waals surface area contributed by atoms with Gasteiger partial charge in [0.1, 0.15) is 0 Å². The van der Waals surface area contributed by atoms with Crippen LogP contribution in [0.5, 0.6) is 0 Å². The fourth-order valence-electron chi connectivity index (χ4n) is 1.43. The maximum absolute atomic E-state index is 11.7. The summed E-state index contributed by atoms with van der Waals surface area (Å²) in [5.74, 6) is -0.519. The van der Waals surface area contributed by atoms with Gasteiger partial charge >= 0.3 is 0 Å². The van der Waals surface area contributed by atoms with E-state index < -0.39 is 0 Å². The average molecular weight is 319 g/mol. The molecule has 0 aliphatic rings. The van der Waals surface area contributed by atoms with Crippen LogP contribution in [0.2, 0.25) is 10.0 Å². The Bertz CT molecular complexity index is 481. The van der Waals surface area contributed by atoms with Crippen LogP contribution in [-0.4, -0.2) is 38.6 Å². The highest BCUT2D eigenvalue weighted by Crippen LogP contribution is 2.22. The summed E-state index contributed by atoms with van der Waals surface area (Å²) < 4.78 is 4.79. The molecule has 2 amide bonds. The minimum atomic E-state index is -0.260. The van der Waals surface area contributed by atoms with Gasteiger partial charge in [-0.25, -0.2) is 0 Å². The fraction of sp³-hybridized carbons (Fsp3) is 0.385. The average Bonchev–Trinajstić information content (AvgIpc) is 2.41. The molecule has 5 nitrogen and oxygen atoms in total. The number of benzene rings is 1. The Morgan fingerprint density at radius 3 is 2.55 bits per heavy atom. The highest BCUT2D eigenvalue weighted by Gasteiger charge is 2.07. The first-order chi connectivity index (χ1) is 9.52. The van der Waals surface area contributed by atoms with Crippen LogP contribution in [0.15, 0.2) is 18.2 Å². The summed E-state index contributed by atoms with van der Waals surface area (Å²) in [4.78, 5) is 23.0. The molecule has 20 heavy (non-hydrogen) atoms. The summed E-state index contributed by atoms with van der Waals surface area (Å²) in [5, 5.41) is 5.96. The van der Waals surface area contributed by atoms with E-state index in [-0.39, 0.29) is 24.8 Å². The first kappa shape index (κ1) is 16.8. The van der Waals surface area contributed by atoms with Crippen molar-refractivity contribution in [1.29, 1.82) is 0 Å². The molecule has 1 aromatic rings. The first-order valence-corrected chi connectivity index (χ1v) is 6.74. The van der Waals surface area contributed by atoms with E-state index in [4.69, 9.17) is 27.9 Å². The molecule has 1 aromatic carbocycles. The van der Waals surface area contributed by atoms with E-state index in [2.05, 4.69) is 10.6 Å². The standard InChI is InChI=1S/C13H16Cl2N2O3/c1-20-5-4-16-13(19)8-17-12(18)7-9-2-3-10(14)11(15)6-9/h2-3,6H,4-5,7-8H2,1H3,(H,16,19)(H,17,18). The maximum Gasteiger partial charge on any atom is 0.239 e. The third-order valence-corrected chi connectivity index (χ3v) is 3.16. The van der Waals surface area contributed by atoms with Crippen molar-refractivity contribution in [3.8, 4) is 0 Å². The van der Waals surface area contributed by atoms with Gasteiger partial charge in [-0.05, 0) is 17.7 Å². The number of methoxy groups -OCH3 is 1. The number of ether oxygens (including phenoxy) is 1. The highest BCUT2D eigenvalue weighted by atomic mass is 35.5. The van der Waals surface area contributed by atoms with Gasteiger partial charge in [0.05, 0.1) is 29.6 Å². The number of amides is 2. The van der Waals surface area contributed by atoms with E-state index in [1.165, 1.54) is 0 Å². The molecule has 110 valence electrons. The van der Waals surface area contributed by atoms with Crippen molar-refractivity contribution in [2.45, 2.75) is 6.42 Å². The maximum atomic E-state index is 11.7. The lowest BCUT2D eigenvalue weighted by Gasteiger charge is -2.07. The van der Waals surface area contributed by atoms with Crippen molar-refractivity contribution in [2.24, 2.45) is 0 Å². The molecule has 2 N–H and O–H groups in total. The predicted octanol–water partition coefficient (Wildman–Crippen LogP) is 1.41. The van der Waals surface area contributed by atoms with E-state index in [0.29, 0.717) is 23.2 Å². The van der Waals surface area contributed by atoms with Gasteiger partial charge in [0.2, 0.25) is 11.8 Å². The zero-order valence-electron chi connectivity index (χ0n) is 11.0. The second-order valence-electron chi connectivity index (χ2n) is 4.04. The van der Waals surface area contributed by atoms with E-state index >= 15 is 0 Å². The Labute approximate surface area is 127 Å². The van der Waals surface area contributed by atoms with Gasteiger partial charge < -0.3 is 15.4 Å². The second-order valence-corrected chi connectivity index (χ2v) is 4.86. The molecule has 0 radical (unpaired) electrons. The molecule has 0 atom stereocenters. The van der Waals surface area contributed by atoms with E-state index in [9.17, 15) is 9.59 Å². The summed E-state index contributed by atoms with van der Waals surface area (Å²) >= 11 is 11.6. The predicted molar refractivity (Wildman–Crippen MR) is 78.1 cm³/mol. The van der Waals surface area contributed by atoms with Gasteiger partial charge in [-0.3, -0.25) is 9.59 Å². The monoisotopic (exact) mass is 318 g/mol. The Morgan fingerprint density at radius 2 is 1.90 bits per heavy atom. The molecule has 0 aliphatic carbocycles. The van der Waals surface area contributed by atoms with E-state index in [1.54, 1.807) is 25.3 Å². The normalized spacial score (nSPS) is 10.2. The smallest absolute Gasteiger partial charge is 0.239 e. The minimum absolute atomic E-state index is 0.0656. The Morgan fingerprint density at radius 1 is 1.15 bits per heavy atom. The summed E-state index contributed by atoms with van der Waals surface area (Å²) in [5.41, 5.74) is 0.733. The van der Waals surface area contributed by atoms with Crippen molar-refractivity contribution < 1.29 is 14.3 Å². The van der Waals surface area contributed by atoms with Crippen molar-refractivity contribution in [1.82, 2.24) is 10.6 Å². The first-order valence-electron chi connectivity index (χ1n) is 5.99. The van der Waals surface area contributed by atoms with Crippen molar-refractivity contribution in [2.75, 3.05) is 26.8 Å². The molecular weight excluding hydrogens is 303 g/mol. The van der Waals surface area contributed by atoms with Gasteiger partial charge in [0, 0.05) is 13.7 Å². The molecule has 0 bridgehead atoms. The molecule has 7 heteroatoms. The summed E-state index contributed by atoms with van der Waals surface area (Å²) in [7, 11) is 1.55. The zero-order chi connectivity index (χ0) is 15.0. The van der Waals surface area contributed by atoms with E-state index in [1.807, 2.05) is 0 Å². The molecule has 0 saturated heterocycles. The topological polar surface area (TPSA) is 67.4 Å². The lowest BCUT2D eigenvalue weighted by Crippen LogP contribution is -2.38. The summed E-state index contributed by atoms with van der Waals surface area (Å²) in [6, 6.07) is 4.97. The highest BCUT2D eigenvalue weighted by molar-refractivity contribution is 6.42. The number of halogens is 2. The number of hydrogen-bond donors (Lipinski definition) is 2. The van der Waals surface area contributed by atoms with Crippen LogP contribution in [0.3, 0.4) is 0 Å². The largest absolute Gasteiger partial charge is 0.383 e. The van der Waals surface area contributed by atoms with Crippen molar-refractivity contribution in [3.05, 3.63) is 33.8 Å². The van der Waals surface area contributed by atoms with Gasteiger partial charge in [0.25, 0.3) is 0 Å². The summed E-state index contributed by atoms with van der Waals surface area (Å²) in [6.07, 6.45) is 0.141. The zero-order valence-corrected chi connectivity index (χ0v) is 12.6. The summed E-state index contributed by atoms with van der Waals surface area (Å²) in [6.45, 7) is 0.783. The number of carbonyl (C=O) groups excluding carboxylic acids is 2. The number of nitrogens with one attached hydrogen (secondary N) is 2. The van der Waals surface area contributed by atoms with Gasteiger partial charge in [0.15, 0.2) is 0 Å². The molecule has 0 fully saturated rings. The molecule has 0 aromatic heterocycles. The third-order valence-electron chi connectivity index (χ3n) is 2.42. The lowest BCUT2D eigenvalue weighted by atomic mass is 10.1. The molecule has 1 rings (SSSR count). The Kier molecular flexibility index (Phi) is 7.36. The van der Waals surface area contributed by atoms with Gasteiger partial charge in [-0.2, -0.15) is 0 Å². The molecule has 0 unspecified atom stereocenters. The Balaban J connectivity index is 2.32. The van der Waals surface area contributed by atoms with Crippen molar-refractivity contribution in [3.63, 3.8) is 0 Å². The van der Waals surface area contributed by atoms with Crippen LogP contribution in [0.1, 0.15) is 5.56 Å². The second kappa shape index (κ2) is 8.79. The Hall–Kier alpha value is -1.30. The van der Waals surface area contributed by atoms with Gasteiger partial charge in [-0.1, -0.05) is 29.3 Å². The SMILES string of the molecule is COCCNC(=O)CNC(=O)Cc1ccc(Cl)c(Cl)c1. The van der Waals surface area contributed by atoms with Crippen LogP contribution in [0, 0.1) is 0 Å². The van der Waals surface area contributed by atoms with Crippen molar-refractivity contribution >= 4 is 35.0 Å². The molecule has 0 saturated carbocycles. The quantitative estimate of drug-likeness (QED) is 0.747. The molecule has 0 aliphatic heterocycles. The number of hydrogen-bond acceptors (Lipinski definition) is 3. The van der Waals surface area contributed by atoms with Crippen LogP contribution in [0.4, 0.5) is 0 Å². The molecular formula is C13H16Cl2N2O3. The van der Waals surface area contributed by atoms with Crippen LogP contribution in [-0.2, 0) is 20.7 Å². The van der Waals surface area contributed by atoms with Crippen LogP contribution in [0.25, 0.3) is 0 Å². The third kappa shape index (κ3) is 6.23. The molecule has 0 heterocycles. The van der Waals surface area contributed by atoms with Crippen LogP contribution >= 0.6 is 23.2 Å². The van der Waals surface area contributed by atoms with Crippen LogP contribution < -0.4 is 10.6 Å². The van der Waals surface area contributed by atoms with E-state index in [0.717, 1.165) is 5.56 Å².